The number of aliphatic hydroxyl groups excluding tert-OH is 2. The van der Waals surface area contributed by atoms with Gasteiger partial charge in [-0.25, -0.2) is 9.13 Å². The van der Waals surface area contributed by atoms with Gasteiger partial charge in [0, 0.05) is 19.3 Å². The van der Waals surface area contributed by atoms with Gasteiger partial charge in [0.2, 0.25) is 0 Å². The molecule has 0 spiro atoms. The van der Waals surface area contributed by atoms with E-state index in [9.17, 15) is 43.5 Å². The Morgan fingerprint density at radius 1 is 0.282 bits per heavy atom. The highest BCUT2D eigenvalue weighted by Gasteiger charge is 2.29. The number of carbonyl (C=O) groups excluding carboxylic acids is 3. The van der Waals surface area contributed by atoms with Crippen LogP contribution in [0.2, 0.25) is 0 Å². The standard InChI is InChI=1S/C85H150O16P2/c1-4-7-10-13-16-19-22-24-26-28-30-32-34-36-38-39-41-43-44-46-48-50-52-54-57-59-62-65-68-71-83(88)95-74-80(86)75-97-102(91,92)98-76-81(87)77-99-103(93,94)100-79-82(101-85(90)73-70-67-64-61-56-21-18-15-12-9-6-3)78-96-84(89)72-69-66-63-60-58-55-53-51-49-47-45-42-40-37-35-33-31-29-27-25-23-20-17-14-11-8-5-2/h8,11,16-17,19-20,24-27,30-33,36-38,40,80-82,86-87H,4-7,9-10,12-15,18,21-23,28-29,34-35,39,41-79H2,1-3H3,(H,91,92)(H,93,94)/b11-8-,19-16-,20-17-,26-24-,27-25-,32-30-,33-31-,38-36-,40-37-. The Morgan fingerprint density at radius 2 is 0.515 bits per heavy atom. The Labute approximate surface area is 628 Å². The van der Waals surface area contributed by atoms with E-state index in [-0.39, 0.29) is 19.3 Å². The zero-order valence-corrected chi connectivity index (χ0v) is 67.0. The Bertz CT molecular complexity index is 2310. The van der Waals surface area contributed by atoms with Crippen molar-refractivity contribution in [3.05, 3.63) is 109 Å². The third-order valence-electron chi connectivity index (χ3n) is 17.5. The summed E-state index contributed by atoms with van der Waals surface area (Å²) in [6, 6.07) is 0. The van der Waals surface area contributed by atoms with E-state index < -0.39 is 91.5 Å². The molecule has 0 amide bonds. The van der Waals surface area contributed by atoms with Crippen molar-refractivity contribution in [3.63, 3.8) is 0 Å². The predicted molar refractivity (Wildman–Crippen MR) is 427 cm³/mol. The molecule has 0 fully saturated rings. The van der Waals surface area contributed by atoms with Crippen LogP contribution in [0, 0.1) is 0 Å². The average Bonchev–Trinajstić information content (AvgIpc) is 0.912. The number of carbonyl (C=O) groups is 3. The van der Waals surface area contributed by atoms with Crippen LogP contribution in [0.25, 0.3) is 0 Å². The summed E-state index contributed by atoms with van der Waals surface area (Å²) in [7, 11) is -9.78. The van der Waals surface area contributed by atoms with E-state index in [1.54, 1.807) is 0 Å². The van der Waals surface area contributed by atoms with Gasteiger partial charge in [0.15, 0.2) is 6.10 Å². The van der Waals surface area contributed by atoms with Crippen molar-refractivity contribution in [3.8, 4) is 0 Å². The largest absolute Gasteiger partial charge is 0.472 e. The van der Waals surface area contributed by atoms with Crippen molar-refractivity contribution in [2.24, 2.45) is 0 Å². The Hall–Kier alpha value is -3.79. The lowest BCUT2D eigenvalue weighted by atomic mass is 10.0. The predicted octanol–water partition coefficient (Wildman–Crippen LogP) is 24.3. The molecule has 0 heterocycles. The maximum atomic E-state index is 12.9. The fourth-order valence-corrected chi connectivity index (χ4v) is 12.8. The fraction of sp³-hybridized carbons (Fsp3) is 0.753. The van der Waals surface area contributed by atoms with Crippen LogP contribution in [-0.4, -0.2) is 95.9 Å². The molecule has 18 heteroatoms. The highest BCUT2D eigenvalue weighted by molar-refractivity contribution is 7.47. The van der Waals surface area contributed by atoms with Crippen LogP contribution in [0.3, 0.4) is 0 Å². The van der Waals surface area contributed by atoms with Gasteiger partial charge in [0.25, 0.3) is 0 Å². The van der Waals surface area contributed by atoms with Crippen molar-refractivity contribution in [1.82, 2.24) is 0 Å². The van der Waals surface area contributed by atoms with E-state index in [0.29, 0.717) is 19.3 Å². The van der Waals surface area contributed by atoms with Gasteiger partial charge in [0.1, 0.15) is 25.4 Å². The number of hydrogen-bond acceptors (Lipinski definition) is 14. The number of rotatable bonds is 78. The highest BCUT2D eigenvalue weighted by Crippen LogP contribution is 2.45. The zero-order chi connectivity index (χ0) is 75.2. The molecule has 0 aromatic rings. The number of allylic oxidation sites excluding steroid dienone is 18. The van der Waals surface area contributed by atoms with Crippen LogP contribution >= 0.6 is 15.6 Å². The lowest BCUT2D eigenvalue weighted by molar-refractivity contribution is -0.161. The maximum absolute atomic E-state index is 12.9. The lowest BCUT2D eigenvalue weighted by Gasteiger charge is -2.21. The summed E-state index contributed by atoms with van der Waals surface area (Å²) in [6.07, 6.45) is 91.5. The first-order valence-corrected chi connectivity index (χ1v) is 44.2. The molecular weight excluding hydrogens is 1340 g/mol. The number of phosphoric acid groups is 2. The smallest absolute Gasteiger partial charge is 0.463 e. The second kappa shape index (κ2) is 77.8. The molecule has 596 valence electrons. The molecule has 0 bridgehead atoms. The molecule has 5 unspecified atom stereocenters. The van der Waals surface area contributed by atoms with Crippen LogP contribution < -0.4 is 0 Å². The van der Waals surface area contributed by atoms with Crippen LogP contribution in [0.5, 0.6) is 0 Å². The second-order valence-corrected chi connectivity index (χ2v) is 30.5. The Balaban J connectivity index is 4.42. The van der Waals surface area contributed by atoms with E-state index in [0.717, 1.165) is 135 Å². The highest BCUT2D eigenvalue weighted by atomic mass is 31.2. The van der Waals surface area contributed by atoms with Crippen LogP contribution in [0.1, 0.15) is 355 Å². The molecule has 0 aliphatic rings. The summed E-state index contributed by atoms with van der Waals surface area (Å²) in [5.41, 5.74) is 0. The van der Waals surface area contributed by atoms with E-state index in [4.69, 9.17) is 32.3 Å². The van der Waals surface area contributed by atoms with Crippen molar-refractivity contribution in [2.45, 2.75) is 373 Å². The molecule has 0 radical (unpaired) electrons. The van der Waals surface area contributed by atoms with Gasteiger partial charge in [-0.05, 0) is 109 Å². The van der Waals surface area contributed by atoms with Crippen LogP contribution in [0.15, 0.2) is 109 Å². The van der Waals surface area contributed by atoms with E-state index in [1.807, 2.05) is 0 Å². The molecule has 5 atom stereocenters. The first-order valence-electron chi connectivity index (χ1n) is 41.2. The minimum absolute atomic E-state index is 0.107. The van der Waals surface area contributed by atoms with E-state index in [1.165, 1.54) is 161 Å². The third kappa shape index (κ3) is 79.1. The third-order valence-corrected chi connectivity index (χ3v) is 19.4. The van der Waals surface area contributed by atoms with Gasteiger partial charge in [-0.3, -0.25) is 32.5 Å². The summed E-state index contributed by atoms with van der Waals surface area (Å²) in [5.74, 6) is -1.57. The van der Waals surface area contributed by atoms with Crippen molar-refractivity contribution >= 4 is 33.6 Å². The summed E-state index contributed by atoms with van der Waals surface area (Å²) in [4.78, 5) is 58.6. The van der Waals surface area contributed by atoms with Crippen molar-refractivity contribution in [1.29, 1.82) is 0 Å². The number of esters is 3. The van der Waals surface area contributed by atoms with Gasteiger partial charge < -0.3 is 34.2 Å². The molecule has 0 aromatic heterocycles. The zero-order valence-electron chi connectivity index (χ0n) is 65.2. The summed E-state index contributed by atoms with van der Waals surface area (Å²) in [6.45, 7) is 2.56. The molecule has 0 saturated heterocycles. The molecule has 103 heavy (non-hydrogen) atoms. The fourth-order valence-electron chi connectivity index (χ4n) is 11.2. The summed E-state index contributed by atoms with van der Waals surface area (Å²) in [5, 5.41) is 20.6. The number of phosphoric ester groups is 2. The minimum atomic E-state index is -4.93. The van der Waals surface area contributed by atoms with Gasteiger partial charge in [-0.2, -0.15) is 0 Å². The number of hydrogen-bond donors (Lipinski definition) is 4. The molecule has 0 aliphatic heterocycles. The summed E-state index contributed by atoms with van der Waals surface area (Å²) >= 11 is 0. The second-order valence-electron chi connectivity index (χ2n) is 27.6. The van der Waals surface area contributed by atoms with Crippen LogP contribution in [0.4, 0.5) is 0 Å². The number of ether oxygens (including phenoxy) is 3. The van der Waals surface area contributed by atoms with E-state index >= 15 is 0 Å². The minimum Gasteiger partial charge on any atom is -0.463 e. The van der Waals surface area contributed by atoms with Gasteiger partial charge in [-0.1, -0.05) is 336 Å². The lowest BCUT2D eigenvalue weighted by Crippen LogP contribution is -2.30. The molecule has 0 aromatic carbocycles. The monoisotopic (exact) mass is 1490 g/mol. The Morgan fingerprint density at radius 3 is 0.835 bits per heavy atom. The van der Waals surface area contributed by atoms with E-state index in [2.05, 4.69) is 130 Å². The van der Waals surface area contributed by atoms with Gasteiger partial charge >= 0.3 is 33.6 Å². The first-order chi connectivity index (χ1) is 50.2. The van der Waals surface area contributed by atoms with Gasteiger partial charge in [0.05, 0.1) is 26.4 Å². The molecule has 0 rings (SSSR count). The van der Waals surface area contributed by atoms with Gasteiger partial charge in [-0.15, -0.1) is 0 Å². The SMILES string of the molecule is CC/C=C\C/C=C\C/C=C\C/C=C\C/C=C\CCCCCCCCCCCCCC(=O)OCC(COP(=O)(O)OCC(O)COP(=O)(O)OCC(O)COC(=O)CCCCCCCCCCCCCCC/C=C\C/C=C\C/C=C\C/C=C\CCCCC)OC(=O)CCCCCCCCCCCCC. The molecule has 4 N–H and O–H groups in total. The first kappa shape index (κ1) is 99.2. The normalized spacial score (nSPS) is 14.5. The molecule has 0 aliphatic carbocycles. The molecule has 0 saturated carbocycles. The summed E-state index contributed by atoms with van der Waals surface area (Å²) < 4.78 is 61.1. The topological polar surface area (TPSA) is 231 Å². The van der Waals surface area contributed by atoms with Crippen molar-refractivity contribution in [2.75, 3.05) is 39.6 Å². The number of unbranched alkanes of at least 4 members (excludes halogenated alkanes) is 37. The van der Waals surface area contributed by atoms with Crippen molar-refractivity contribution < 1.29 is 75.8 Å². The maximum Gasteiger partial charge on any atom is 0.472 e. The quantitative estimate of drug-likeness (QED) is 0.0146. The van der Waals surface area contributed by atoms with Crippen LogP contribution in [-0.2, 0) is 55.8 Å². The average molecular weight is 1490 g/mol. The Kier molecular flexibility index (Phi) is 74.9. The molecule has 16 nitrogen and oxygen atoms in total. The molecular formula is C85H150O16P2. The number of aliphatic hydroxyl groups is 2.